The number of hydrogen-bond donors (Lipinski definition) is 1. The molecule has 0 bridgehead atoms. The minimum absolute atomic E-state index is 0.266. The van der Waals surface area contributed by atoms with Crippen molar-refractivity contribution in [1.29, 1.82) is 0 Å². The van der Waals surface area contributed by atoms with Crippen LogP contribution in [0.25, 0.3) is 0 Å². The standard InChI is InChI=1S/C14H20Cl2N2/c1-10(17)11-3-2-6-18(8-11)9-12-7-13(15)4-5-14(12)16/h4-5,7,10-11H,2-3,6,8-9,17H2,1H3. The van der Waals surface area contributed by atoms with Gasteiger partial charge in [0.15, 0.2) is 0 Å². The van der Waals surface area contributed by atoms with Gasteiger partial charge in [-0.3, -0.25) is 4.90 Å². The van der Waals surface area contributed by atoms with E-state index in [1.54, 1.807) is 0 Å². The van der Waals surface area contributed by atoms with E-state index in [0.29, 0.717) is 5.92 Å². The third-order valence-corrected chi connectivity index (χ3v) is 4.29. The van der Waals surface area contributed by atoms with Gasteiger partial charge in [0.1, 0.15) is 0 Å². The Morgan fingerprint density at radius 2 is 2.22 bits per heavy atom. The van der Waals surface area contributed by atoms with Crippen LogP contribution in [-0.2, 0) is 6.54 Å². The molecular weight excluding hydrogens is 267 g/mol. The van der Waals surface area contributed by atoms with Gasteiger partial charge in [0.25, 0.3) is 0 Å². The second-order valence-electron chi connectivity index (χ2n) is 5.23. The second kappa shape index (κ2) is 6.25. The molecule has 18 heavy (non-hydrogen) atoms. The van der Waals surface area contributed by atoms with Crippen LogP contribution >= 0.6 is 23.2 Å². The summed E-state index contributed by atoms with van der Waals surface area (Å²) in [7, 11) is 0. The Bertz CT molecular complexity index is 407. The number of piperidine rings is 1. The number of likely N-dealkylation sites (tertiary alicyclic amines) is 1. The smallest absolute Gasteiger partial charge is 0.0452 e. The van der Waals surface area contributed by atoms with Gasteiger partial charge in [-0.05, 0) is 56.0 Å². The molecule has 0 saturated carbocycles. The highest BCUT2D eigenvalue weighted by molar-refractivity contribution is 6.33. The molecule has 1 fully saturated rings. The molecule has 4 heteroatoms. The number of nitrogens with zero attached hydrogens (tertiary/aromatic N) is 1. The molecule has 1 saturated heterocycles. The van der Waals surface area contributed by atoms with E-state index in [1.165, 1.54) is 12.8 Å². The van der Waals surface area contributed by atoms with Crippen LogP contribution in [0.1, 0.15) is 25.3 Å². The molecule has 0 spiro atoms. The van der Waals surface area contributed by atoms with E-state index in [1.807, 2.05) is 18.2 Å². The number of benzene rings is 1. The lowest BCUT2D eigenvalue weighted by Crippen LogP contribution is -2.41. The Morgan fingerprint density at radius 3 is 2.94 bits per heavy atom. The first-order chi connectivity index (χ1) is 8.56. The van der Waals surface area contributed by atoms with Gasteiger partial charge in [-0.15, -0.1) is 0 Å². The van der Waals surface area contributed by atoms with Crippen LogP contribution in [0.2, 0.25) is 10.0 Å². The highest BCUT2D eigenvalue weighted by Crippen LogP contribution is 2.25. The Labute approximate surface area is 119 Å². The molecule has 1 aliphatic rings. The lowest BCUT2D eigenvalue weighted by molar-refractivity contribution is 0.154. The lowest BCUT2D eigenvalue weighted by atomic mass is 9.92. The van der Waals surface area contributed by atoms with E-state index in [-0.39, 0.29) is 6.04 Å². The fraction of sp³-hybridized carbons (Fsp3) is 0.571. The molecule has 0 aromatic heterocycles. The molecule has 2 unspecified atom stereocenters. The molecular formula is C14H20Cl2N2. The van der Waals surface area contributed by atoms with Gasteiger partial charge >= 0.3 is 0 Å². The monoisotopic (exact) mass is 286 g/mol. The van der Waals surface area contributed by atoms with Crippen molar-refractivity contribution >= 4 is 23.2 Å². The van der Waals surface area contributed by atoms with E-state index in [0.717, 1.165) is 35.2 Å². The lowest BCUT2D eigenvalue weighted by Gasteiger charge is -2.34. The van der Waals surface area contributed by atoms with Crippen molar-refractivity contribution in [1.82, 2.24) is 4.90 Å². The first kappa shape index (κ1) is 14.1. The van der Waals surface area contributed by atoms with Gasteiger partial charge < -0.3 is 5.73 Å². The fourth-order valence-electron chi connectivity index (χ4n) is 2.57. The quantitative estimate of drug-likeness (QED) is 0.921. The Morgan fingerprint density at radius 1 is 1.44 bits per heavy atom. The maximum absolute atomic E-state index is 6.20. The van der Waals surface area contributed by atoms with Crippen LogP contribution in [0.5, 0.6) is 0 Å². The molecule has 0 amide bonds. The van der Waals surface area contributed by atoms with Gasteiger partial charge in [-0.1, -0.05) is 23.2 Å². The average Bonchev–Trinajstić information content (AvgIpc) is 2.34. The molecule has 0 aliphatic carbocycles. The summed E-state index contributed by atoms with van der Waals surface area (Å²) < 4.78 is 0. The Hall–Kier alpha value is -0.280. The van der Waals surface area contributed by atoms with Gasteiger partial charge in [-0.25, -0.2) is 0 Å². The summed E-state index contributed by atoms with van der Waals surface area (Å²) in [5, 5.41) is 1.54. The molecule has 1 heterocycles. The van der Waals surface area contributed by atoms with E-state index in [4.69, 9.17) is 28.9 Å². The molecule has 2 nitrogen and oxygen atoms in total. The zero-order valence-corrected chi connectivity index (χ0v) is 12.2. The zero-order valence-electron chi connectivity index (χ0n) is 10.7. The summed E-state index contributed by atoms with van der Waals surface area (Å²) >= 11 is 12.2. The first-order valence-corrected chi connectivity index (χ1v) is 7.23. The van der Waals surface area contributed by atoms with Gasteiger partial charge in [0, 0.05) is 29.2 Å². The van der Waals surface area contributed by atoms with Crippen LogP contribution < -0.4 is 5.73 Å². The number of hydrogen-bond acceptors (Lipinski definition) is 2. The van der Waals surface area contributed by atoms with Gasteiger partial charge in [0.05, 0.1) is 0 Å². The van der Waals surface area contributed by atoms with Crippen LogP contribution in [0.3, 0.4) is 0 Å². The van der Waals surface area contributed by atoms with E-state index in [9.17, 15) is 0 Å². The number of nitrogens with two attached hydrogens (primary N) is 1. The van der Waals surface area contributed by atoms with Gasteiger partial charge in [-0.2, -0.15) is 0 Å². The number of rotatable bonds is 3. The minimum atomic E-state index is 0.266. The Balaban J connectivity index is 2.02. The molecule has 2 rings (SSSR count). The predicted molar refractivity (Wildman–Crippen MR) is 78.1 cm³/mol. The van der Waals surface area contributed by atoms with E-state index in [2.05, 4.69) is 11.8 Å². The maximum Gasteiger partial charge on any atom is 0.0452 e. The molecule has 2 N–H and O–H groups in total. The van der Waals surface area contributed by atoms with Crippen molar-refractivity contribution in [2.45, 2.75) is 32.4 Å². The summed E-state index contributed by atoms with van der Waals surface area (Å²) in [6, 6.07) is 5.92. The summed E-state index contributed by atoms with van der Waals surface area (Å²) in [5.74, 6) is 0.594. The molecule has 2 atom stereocenters. The topological polar surface area (TPSA) is 29.3 Å². The van der Waals surface area contributed by atoms with Crippen LogP contribution in [0.15, 0.2) is 18.2 Å². The largest absolute Gasteiger partial charge is 0.328 e. The van der Waals surface area contributed by atoms with Crippen molar-refractivity contribution in [3.05, 3.63) is 33.8 Å². The average molecular weight is 287 g/mol. The normalized spacial score (nSPS) is 23.0. The SMILES string of the molecule is CC(N)C1CCCN(Cc2cc(Cl)ccc2Cl)C1. The van der Waals surface area contributed by atoms with Crippen molar-refractivity contribution in [2.75, 3.05) is 13.1 Å². The predicted octanol–water partition coefficient (Wildman–Crippen LogP) is 3.55. The summed E-state index contributed by atoms with van der Waals surface area (Å²) in [5.41, 5.74) is 7.11. The summed E-state index contributed by atoms with van der Waals surface area (Å²) in [4.78, 5) is 2.43. The first-order valence-electron chi connectivity index (χ1n) is 6.48. The van der Waals surface area contributed by atoms with Crippen molar-refractivity contribution in [3.63, 3.8) is 0 Å². The number of halogens is 2. The van der Waals surface area contributed by atoms with Gasteiger partial charge in [0.2, 0.25) is 0 Å². The summed E-state index contributed by atoms with van der Waals surface area (Å²) in [6.07, 6.45) is 2.45. The molecule has 0 radical (unpaired) electrons. The van der Waals surface area contributed by atoms with Crippen molar-refractivity contribution in [2.24, 2.45) is 11.7 Å². The second-order valence-corrected chi connectivity index (χ2v) is 6.08. The van der Waals surface area contributed by atoms with Crippen LogP contribution in [-0.4, -0.2) is 24.0 Å². The molecule has 1 aromatic carbocycles. The summed E-state index contributed by atoms with van der Waals surface area (Å²) in [6.45, 7) is 5.13. The van der Waals surface area contributed by atoms with E-state index < -0.39 is 0 Å². The van der Waals surface area contributed by atoms with Crippen LogP contribution in [0, 0.1) is 5.92 Å². The highest BCUT2D eigenvalue weighted by atomic mass is 35.5. The molecule has 1 aromatic rings. The molecule has 100 valence electrons. The van der Waals surface area contributed by atoms with Crippen molar-refractivity contribution in [3.8, 4) is 0 Å². The Kier molecular flexibility index (Phi) is 4.91. The fourth-order valence-corrected chi connectivity index (χ4v) is 2.94. The van der Waals surface area contributed by atoms with Crippen LogP contribution in [0.4, 0.5) is 0 Å². The maximum atomic E-state index is 6.20. The highest BCUT2D eigenvalue weighted by Gasteiger charge is 2.23. The third kappa shape index (κ3) is 3.61. The van der Waals surface area contributed by atoms with Crippen molar-refractivity contribution < 1.29 is 0 Å². The minimum Gasteiger partial charge on any atom is -0.328 e. The zero-order chi connectivity index (χ0) is 13.1. The van der Waals surface area contributed by atoms with E-state index >= 15 is 0 Å². The third-order valence-electron chi connectivity index (χ3n) is 3.69. The molecule has 1 aliphatic heterocycles.